The Balaban J connectivity index is 1.91. The first kappa shape index (κ1) is 12.0. The number of hydrogen-bond acceptors (Lipinski definition) is 3. The Bertz CT molecular complexity index is 393. The van der Waals surface area contributed by atoms with Crippen molar-refractivity contribution in [3.63, 3.8) is 0 Å². The zero-order valence-corrected chi connectivity index (χ0v) is 10.4. The summed E-state index contributed by atoms with van der Waals surface area (Å²) in [5.41, 5.74) is 5.87. The van der Waals surface area contributed by atoms with E-state index in [1.165, 1.54) is 12.8 Å². The maximum absolute atomic E-state index is 5.87. The molecule has 1 saturated carbocycles. The van der Waals surface area contributed by atoms with Gasteiger partial charge in [0.2, 0.25) is 5.89 Å². The second kappa shape index (κ2) is 5.21. The summed E-state index contributed by atoms with van der Waals surface area (Å²) in [7, 11) is 0. The quantitative estimate of drug-likeness (QED) is 0.620. The van der Waals surface area contributed by atoms with Gasteiger partial charge >= 0.3 is 0 Å². The third-order valence-corrected chi connectivity index (χ3v) is 3.02. The molecule has 0 saturated heterocycles. The van der Waals surface area contributed by atoms with Gasteiger partial charge in [-0.2, -0.15) is 0 Å². The van der Waals surface area contributed by atoms with E-state index in [9.17, 15) is 0 Å². The lowest BCUT2D eigenvalue weighted by Crippen LogP contribution is -2.35. The van der Waals surface area contributed by atoms with E-state index in [0.717, 1.165) is 18.6 Å². The van der Waals surface area contributed by atoms with Gasteiger partial charge in [0.1, 0.15) is 11.8 Å². The van der Waals surface area contributed by atoms with Crippen molar-refractivity contribution in [1.82, 2.24) is 10.3 Å². The van der Waals surface area contributed by atoms with Crippen molar-refractivity contribution in [2.24, 2.45) is 10.7 Å². The Kier molecular flexibility index (Phi) is 3.66. The Morgan fingerprint density at radius 3 is 2.88 bits per heavy atom. The summed E-state index contributed by atoms with van der Waals surface area (Å²) in [6, 6.07) is 0.342. The van der Waals surface area contributed by atoms with E-state index in [-0.39, 0.29) is 6.04 Å². The number of aliphatic imine (C=N–C) groups is 1. The van der Waals surface area contributed by atoms with Crippen LogP contribution >= 0.6 is 0 Å². The molecule has 1 fully saturated rings. The lowest BCUT2D eigenvalue weighted by atomic mass is 10.3. The molecule has 1 aliphatic rings. The molecular weight excluding hydrogens is 216 g/mol. The number of oxazole rings is 1. The minimum absolute atomic E-state index is 0.0474. The lowest BCUT2D eigenvalue weighted by Gasteiger charge is -2.12. The number of aromatic nitrogens is 1. The zero-order chi connectivity index (χ0) is 12.3. The van der Waals surface area contributed by atoms with Crippen molar-refractivity contribution in [2.75, 3.05) is 0 Å². The largest absolute Gasteiger partial charge is 0.444 e. The highest BCUT2D eigenvalue weighted by molar-refractivity contribution is 5.78. The minimum atomic E-state index is -0.0474. The molecule has 5 heteroatoms. The van der Waals surface area contributed by atoms with Crippen molar-refractivity contribution < 1.29 is 4.42 Å². The number of guanidine groups is 1. The van der Waals surface area contributed by atoms with Crippen molar-refractivity contribution in [3.05, 3.63) is 17.8 Å². The van der Waals surface area contributed by atoms with Crippen LogP contribution in [0.1, 0.15) is 50.3 Å². The van der Waals surface area contributed by atoms with Crippen LogP contribution in [0.5, 0.6) is 0 Å². The van der Waals surface area contributed by atoms with E-state index in [4.69, 9.17) is 10.2 Å². The van der Waals surface area contributed by atoms with E-state index in [2.05, 4.69) is 15.3 Å². The van der Waals surface area contributed by atoms with Crippen LogP contribution in [0.4, 0.5) is 0 Å². The minimum Gasteiger partial charge on any atom is -0.444 e. The third kappa shape index (κ3) is 3.22. The molecule has 0 bridgehead atoms. The van der Waals surface area contributed by atoms with Gasteiger partial charge in [0.05, 0.1) is 12.2 Å². The molecule has 2 rings (SSSR count). The maximum Gasteiger partial charge on any atom is 0.216 e. The molecule has 0 amide bonds. The third-order valence-electron chi connectivity index (χ3n) is 3.02. The molecule has 17 heavy (non-hydrogen) atoms. The van der Waals surface area contributed by atoms with E-state index < -0.39 is 0 Å². The van der Waals surface area contributed by atoms with Gasteiger partial charge in [0.15, 0.2) is 5.96 Å². The smallest absolute Gasteiger partial charge is 0.216 e. The van der Waals surface area contributed by atoms with Gasteiger partial charge in [-0.15, -0.1) is 0 Å². The molecule has 1 unspecified atom stereocenters. The fourth-order valence-corrected chi connectivity index (χ4v) is 2.12. The molecule has 0 aromatic carbocycles. The predicted octanol–water partition coefficient (Wildman–Crippen LogP) is 1.89. The summed E-state index contributed by atoms with van der Waals surface area (Å²) < 4.78 is 5.43. The molecule has 5 nitrogen and oxygen atoms in total. The van der Waals surface area contributed by atoms with E-state index in [0.29, 0.717) is 17.9 Å². The fraction of sp³-hybridized carbons (Fsp3) is 0.667. The van der Waals surface area contributed by atoms with Gasteiger partial charge in [0, 0.05) is 0 Å². The van der Waals surface area contributed by atoms with Gasteiger partial charge in [0.25, 0.3) is 0 Å². The summed E-state index contributed by atoms with van der Waals surface area (Å²) in [5, 5.41) is 3.11. The number of hydrogen-bond donors (Lipinski definition) is 2. The molecule has 1 aromatic rings. The summed E-state index contributed by atoms with van der Waals surface area (Å²) in [4.78, 5) is 8.62. The number of nitrogens with two attached hydrogens (primary N) is 1. The average Bonchev–Trinajstić information content (AvgIpc) is 2.89. The van der Waals surface area contributed by atoms with Crippen molar-refractivity contribution in [3.8, 4) is 0 Å². The monoisotopic (exact) mass is 236 g/mol. The van der Waals surface area contributed by atoms with Gasteiger partial charge in [-0.3, -0.25) is 4.99 Å². The van der Waals surface area contributed by atoms with E-state index in [1.54, 1.807) is 6.20 Å². The Labute approximate surface area is 102 Å². The van der Waals surface area contributed by atoms with Crippen LogP contribution in [0.15, 0.2) is 15.6 Å². The SMILES string of the molecule is Cc1cnc(C(C)NC(N)=NC2CCCC2)o1. The molecule has 0 radical (unpaired) electrons. The molecule has 1 atom stereocenters. The highest BCUT2D eigenvalue weighted by atomic mass is 16.4. The number of rotatable bonds is 3. The van der Waals surface area contributed by atoms with Crippen LogP contribution in [0.25, 0.3) is 0 Å². The van der Waals surface area contributed by atoms with Crippen molar-refractivity contribution in [1.29, 1.82) is 0 Å². The zero-order valence-electron chi connectivity index (χ0n) is 10.4. The first-order chi connectivity index (χ1) is 8.15. The van der Waals surface area contributed by atoms with Crippen LogP contribution in [0.3, 0.4) is 0 Å². The van der Waals surface area contributed by atoms with Gasteiger partial charge in [-0.1, -0.05) is 12.8 Å². The second-order valence-corrected chi connectivity index (χ2v) is 4.63. The van der Waals surface area contributed by atoms with Crippen LogP contribution in [-0.2, 0) is 0 Å². The Morgan fingerprint density at radius 1 is 1.59 bits per heavy atom. The molecule has 1 aliphatic carbocycles. The highest BCUT2D eigenvalue weighted by Crippen LogP contribution is 2.20. The Hall–Kier alpha value is -1.52. The van der Waals surface area contributed by atoms with Gasteiger partial charge in [-0.05, 0) is 26.7 Å². The van der Waals surface area contributed by atoms with Gasteiger partial charge < -0.3 is 15.5 Å². The number of aryl methyl sites for hydroxylation is 1. The first-order valence-corrected chi connectivity index (χ1v) is 6.17. The molecule has 3 N–H and O–H groups in total. The summed E-state index contributed by atoms with van der Waals surface area (Å²) >= 11 is 0. The molecule has 94 valence electrons. The summed E-state index contributed by atoms with van der Waals surface area (Å²) in [6.45, 7) is 3.83. The standard InChI is InChI=1S/C12H20N4O/c1-8-7-14-11(17-8)9(2)15-12(13)16-10-5-3-4-6-10/h7,9-10H,3-6H2,1-2H3,(H3,13,15,16). The van der Waals surface area contributed by atoms with Crippen LogP contribution < -0.4 is 11.1 Å². The van der Waals surface area contributed by atoms with Crippen molar-refractivity contribution >= 4 is 5.96 Å². The Morgan fingerprint density at radius 2 is 2.29 bits per heavy atom. The second-order valence-electron chi connectivity index (χ2n) is 4.63. The molecule has 0 spiro atoms. The summed E-state index contributed by atoms with van der Waals surface area (Å²) in [6.07, 6.45) is 6.52. The van der Waals surface area contributed by atoms with Gasteiger partial charge in [-0.25, -0.2) is 4.98 Å². The predicted molar refractivity (Wildman–Crippen MR) is 66.7 cm³/mol. The summed E-state index contributed by atoms with van der Waals surface area (Å²) in [5.74, 6) is 1.94. The number of nitrogens with zero attached hydrogens (tertiary/aromatic N) is 2. The first-order valence-electron chi connectivity index (χ1n) is 6.17. The fourth-order valence-electron chi connectivity index (χ4n) is 2.12. The van der Waals surface area contributed by atoms with E-state index >= 15 is 0 Å². The molecule has 1 heterocycles. The topological polar surface area (TPSA) is 76.4 Å². The van der Waals surface area contributed by atoms with Crippen LogP contribution in [0.2, 0.25) is 0 Å². The lowest BCUT2D eigenvalue weighted by molar-refractivity contribution is 0.428. The van der Waals surface area contributed by atoms with Crippen molar-refractivity contribution in [2.45, 2.75) is 51.6 Å². The maximum atomic E-state index is 5.87. The van der Waals surface area contributed by atoms with Crippen LogP contribution in [-0.4, -0.2) is 17.0 Å². The molecular formula is C12H20N4O. The van der Waals surface area contributed by atoms with E-state index in [1.807, 2.05) is 13.8 Å². The highest BCUT2D eigenvalue weighted by Gasteiger charge is 2.16. The number of nitrogens with one attached hydrogen (secondary N) is 1. The molecule has 0 aliphatic heterocycles. The average molecular weight is 236 g/mol. The van der Waals surface area contributed by atoms with Crippen LogP contribution in [0, 0.1) is 6.92 Å². The normalized spacial score (nSPS) is 19.5. The molecule has 1 aromatic heterocycles.